The van der Waals surface area contributed by atoms with Gasteiger partial charge in [0.05, 0.1) is 0 Å². The van der Waals surface area contributed by atoms with Gasteiger partial charge in [-0.2, -0.15) is 0 Å². The van der Waals surface area contributed by atoms with Crippen LogP contribution in [0.5, 0.6) is 0 Å². The first-order valence-electron chi connectivity index (χ1n) is 5.91. The van der Waals surface area contributed by atoms with Crippen molar-refractivity contribution in [3.8, 4) is 0 Å². The zero-order valence-corrected chi connectivity index (χ0v) is 10.7. The lowest BCUT2D eigenvalue weighted by molar-refractivity contribution is -0.124. The summed E-state index contributed by atoms with van der Waals surface area (Å²) in [6.45, 7) is 3.21. The molecule has 1 aromatic rings. The van der Waals surface area contributed by atoms with Crippen molar-refractivity contribution in [3.05, 3.63) is 30.3 Å². The van der Waals surface area contributed by atoms with E-state index in [4.69, 9.17) is 12.2 Å². The quantitative estimate of drug-likeness (QED) is 0.765. The summed E-state index contributed by atoms with van der Waals surface area (Å²) in [6.07, 6.45) is 2.06. The summed E-state index contributed by atoms with van der Waals surface area (Å²) >= 11 is 5.37. The number of anilines is 1. The van der Waals surface area contributed by atoms with Gasteiger partial charge in [-0.05, 0) is 30.8 Å². The molecule has 90 valence electrons. The minimum Gasteiger partial charge on any atom is -0.309 e. The van der Waals surface area contributed by atoms with Gasteiger partial charge in [0.25, 0.3) is 0 Å². The van der Waals surface area contributed by atoms with Gasteiger partial charge in [0.1, 0.15) is 6.54 Å². The Morgan fingerprint density at radius 2 is 2.00 bits per heavy atom. The third-order valence-corrected chi connectivity index (χ3v) is 3.30. The topological polar surface area (TPSA) is 23.6 Å². The first-order valence-corrected chi connectivity index (χ1v) is 6.31. The van der Waals surface area contributed by atoms with Crippen molar-refractivity contribution >= 4 is 28.9 Å². The Balaban J connectivity index is 2.13. The third-order valence-electron chi connectivity index (χ3n) is 2.86. The molecule has 1 fully saturated rings. The van der Waals surface area contributed by atoms with Crippen LogP contribution in [0.4, 0.5) is 5.69 Å². The first kappa shape index (κ1) is 12.0. The second-order valence-electron chi connectivity index (χ2n) is 4.10. The maximum absolute atomic E-state index is 11.9. The van der Waals surface area contributed by atoms with Crippen molar-refractivity contribution in [2.24, 2.45) is 0 Å². The molecule has 4 heteroatoms. The van der Waals surface area contributed by atoms with Crippen LogP contribution >= 0.6 is 12.2 Å². The van der Waals surface area contributed by atoms with Gasteiger partial charge in [-0.3, -0.25) is 9.69 Å². The minimum atomic E-state index is 0.104. The van der Waals surface area contributed by atoms with Crippen LogP contribution in [0.1, 0.15) is 19.8 Å². The fourth-order valence-corrected chi connectivity index (χ4v) is 2.25. The van der Waals surface area contributed by atoms with Gasteiger partial charge >= 0.3 is 0 Å². The normalized spacial score (nSPS) is 15.8. The van der Waals surface area contributed by atoms with E-state index in [1.165, 1.54) is 0 Å². The van der Waals surface area contributed by atoms with Crippen molar-refractivity contribution in [1.82, 2.24) is 4.90 Å². The number of nitrogens with zero attached hydrogens (tertiary/aromatic N) is 2. The van der Waals surface area contributed by atoms with E-state index in [-0.39, 0.29) is 5.91 Å². The summed E-state index contributed by atoms with van der Waals surface area (Å²) < 4.78 is 0. The van der Waals surface area contributed by atoms with Crippen LogP contribution in [0.2, 0.25) is 0 Å². The van der Waals surface area contributed by atoms with Crippen molar-refractivity contribution in [3.63, 3.8) is 0 Å². The number of hydrogen-bond acceptors (Lipinski definition) is 2. The van der Waals surface area contributed by atoms with Crippen LogP contribution in [0, 0.1) is 0 Å². The molecule has 1 saturated heterocycles. The predicted molar refractivity (Wildman–Crippen MR) is 73.0 cm³/mol. The summed E-state index contributed by atoms with van der Waals surface area (Å²) in [5.74, 6) is 0.104. The van der Waals surface area contributed by atoms with Gasteiger partial charge in [-0.15, -0.1) is 0 Å². The highest BCUT2D eigenvalue weighted by atomic mass is 32.1. The van der Waals surface area contributed by atoms with Crippen molar-refractivity contribution < 1.29 is 4.79 Å². The molecule has 0 spiro atoms. The SMILES string of the molecule is CCCCN1C(=O)CN(c2ccccc2)C1=S. The number of hydrogen-bond donors (Lipinski definition) is 0. The van der Waals surface area contributed by atoms with Crippen molar-refractivity contribution in [1.29, 1.82) is 0 Å². The molecule has 0 radical (unpaired) electrons. The number of rotatable bonds is 4. The number of amides is 1. The number of benzene rings is 1. The first-order chi connectivity index (χ1) is 8.24. The average Bonchev–Trinajstić information content (AvgIpc) is 2.64. The minimum absolute atomic E-state index is 0.104. The van der Waals surface area contributed by atoms with E-state index < -0.39 is 0 Å². The number of unbranched alkanes of at least 4 members (excludes halogenated alkanes) is 1. The summed E-state index contributed by atoms with van der Waals surface area (Å²) in [6, 6.07) is 9.82. The molecule has 0 aliphatic carbocycles. The van der Waals surface area contributed by atoms with E-state index in [1.54, 1.807) is 4.90 Å². The fourth-order valence-electron chi connectivity index (χ4n) is 1.89. The van der Waals surface area contributed by atoms with Gasteiger partial charge in [0.15, 0.2) is 5.11 Å². The molecule has 1 aliphatic heterocycles. The lowest BCUT2D eigenvalue weighted by Gasteiger charge is -2.20. The van der Waals surface area contributed by atoms with Crippen LogP contribution < -0.4 is 4.90 Å². The third kappa shape index (κ3) is 2.47. The van der Waals surface area contributed by atoms with Crippen LogP contribution in [-0.2, 0) is 4.79 Å². The number of carbonyl (C=O) groups excluding carboxylic acids is 1. The van der Waals surface area contributed by atoms with Crippen LogP contribution in [0.25, 0.3) is 0 Å². The second-order valence-corrected chi connectivity index (χ2v) is 4.47. The largest absolute Gasteiger partial charge is 0.309 e. The zero-order valence-electron chi connectivity index (χ0n) is 9.93. The molecule has 2 rings (SSSR count). The number of carbonyl (C=O) groups is 1. The molecule has 17 heavy (non-hydrogen) atoms. The summed E-state index contributed by atoms with van der Waals surface area (Å²) in [7, 11) is 0. The highest BCUT2D eigenvalue weighted by Gasteiger charge is 2.32. The Hall–Kier alpha value is -1.42. The highest BCUT2D eigenvalue weighted by molar-refractivity contribution is 7.80. The molecule has 1 aromatic carbocycles. The molecule has 0 N–H and O–H groups in total. The summed E-state index contributed by atoms with van der Waals surface area (Å²) in [5.41, 5.74) is 0.991. The van der Waals surface area contributed by atoms with E-state index in [1.807, 2.05) is 35.2 Å². The Kier molecular flexibility index (Phi) is 3.74. The van der Waals surface area contributed by atoms with E-state index in [0.29, 0.717) is 11.7 Å². The van der Waals surface area contributed by atoms with E-state index in [9.17, 15) is 4.79 Å². The Morgan fingerprint density at radius 1 is 1.29 bits per heavy atom. The molecule has 1 amide bonds. The lowest BCUT2D eigenvalue weighted by Crippen LogP contribution is -2.33. The summed E-state index contributed by atoms with van der Waals surface area (Å²) in [5, 5.41) is 0.634. The highest BCUT2D eigenvalue weighted by Crippen LogP contribution is 2.20. The second kappa shape index (κ2) is 5.27. The molecule has 3 nitrogen and oxygen atoms in total. The predicted octanol–water partition coefficient (Wildman–Crippen LogP) is 2.42. The lowest BCUT2D eigenvalue weighted by atomic mass is 10.3. The molecule has 1 aliphatic rings. The van der Waals surface area contributed by atoms with Gasteiger partial charge in [-0.25, -0.2) is 0 Å². The van der Waals surface area contributed by atoms with Gasteiger partial charge in [0, 0.05) is 12.2 Å². The zero-order chi connectivity index (χ0) is 12.3. The molecular formula is C13H16N2OS. The average molecular weight is 248 g/mol. The van der Waals surface area contributed by atoms with Crippen molar-refractivity contribution in [2.75, 3.05) is 18.0 Å². The fraction of sp³-hybridized carbons (Fsp3) is 0.385. The van der Waals surface area contributed by atoms with E-state index >= 15 is 0 Å². The smallest absolute Gasteiger partial charge is 0.248 e. The molecule has 0 aromatic heterocycles. The maximum Gasteiger partial charge on any atom is 0.248 e. The van der Waals surface area contributed by atoms with Gasteiger partial charge in [0.2, 0.25) is 5.91 Å². The van der Waals surface area contributed by atoms with Crippen LogP contribution in [-0.4, -0.2) is 29.0 Å². The van der Waals surface area contributed by atoms with Crippen LogP contribution in [0.3, 0.4) is 0 Å². The standard InChI is InChI=1S/C13H16N2OS/c1-2-3-9-14-12(16)10-15(13(14)17)11-7-5-4-6-8-11/h4-8H,2-3,9-10H2,1H3. The monoisotopic (exact) mass is 248 g/mol. The molecule has 0 saturated carbocycles. The molecular weight excluding hydrogens is 232 g/mol. The molecule has 0 atom stereocenters. The van der Waals surface area contributed by atoms with E-state index in [0.717, 1.165) is 25.1 Å². The summed E-state index contributed by atoms with van der Waals surface area (Å²) in [4.78, 5) is 15.5. The molecule has 0 bridgehead atoms. The number of para-hydroxylation sites is 1. The maximum atomic E-state index is 11.9. The Morgan fingerprint density at radius 3 is 2.65 bits per heavy atom. The van der Waals surface area contributed by atoms with Crippen molar-refractivity contribution in [2.45, 2.75) is 19.8 Å². The van der Waals surface area contributed by atoms with Crippen LogP contribution in [0.15, 0.2) is 30.3 Å². The molecule has 0 unspecified atom stereocenters. The number of thiocarbonyl (C=S) groups is 1. The Labute approximate surface area is 107 Å². The Bertz CT molecular complexity index is 419. The van der Waals surface area contributed by atoms with E-state index in [2.05, 4.69) is 6.92 Å². The van der Waals surface area contributed by atoms with Gasteiger partial charge < -0.3 is 4.90 Å². The van der Waals surface area contributed by atoms with Gasteiger partial charge in [-0.1, -0.05) is 31.5 Å². The molecule has 1 heterocycles.